The number of hydrogen-bond donors (Lipinski definition) is 1. The van der Waals surface area contributed by atoms with E-state index in [0.29, 0.717) is 0 Å². The molecule has 0 aliphatic rings. The minimum Gasteiger partial charge on any atom is -0.543 e. The Bertz CT molecular complexity index is 406. The largest absolute Gasteiger partial charge is 0.543 e. The Morgan fingerprint density at radius 3 is 2.33 bits per heavy atom. The summed E-state index contributed by atoms with van der Waals surface area (Å²) >= 11 is 2.18. The number of benzene rings is 1. The summed E-state index contributed by atoms with van der Waals surface area (Å²) in [6.45, 7) is 6.65. The van der Waals surface area contributed by atoms with Crippen molar-refractivity contribution in [2.24, 2.45) is 0 Å². The Balaban J connectivity index is 3.09. The minimum absolute atomic E-state index is 0.281. The van der Waals surface area contributed by atoms with Gasteiger partial charge in [-0.25, -0.2) is 0 Å². The Kier molecular flexibility index (Phi) is 6.21. The van der Waals surface area contributed by atoms with Crippen molar-refractivity contribution < 1.29 is 9.53 Å². The van der Waals surface area contributed by atoms with Gasteiger partial charge in [0, 0.05) is 5.56 Å². The van der Waals surface area contributed by atoms with Crippen LogP contribution in [0.1, 0.15) is 26.3 Å². The predicted molar refractivity (Wildman–Crippen MR) is 89.0 cm³/mol. The first-order valence-corrected chi connectivity index (χ1v) is 10.2. The second-order valence-electron chi connectivity index (χ2n) is 4.36. The molecule has 0 fully saturated rings. The Labute approximate surface area is 124 Å². The van der Waals surface area contributed by atoms with Crippen LogP contribution in [0, 0.1) is 0 Å². The first kappa shape index (κ1) is 15.6. The van der Waals surface area contributed by atoms with Crippen molar-refractivity contribution in [1.29, 1.82) is 0 Å². The number of phenolic OH excluding ortho intramolecular Hbond substituents is 1. The van der Waals surface area contributed by atoms with E-state index in [0.717, 1.165) is 29.4 Å². The van der Waals surface area contributed by atoms with E-state index in [-0.39, 0.29) is 5.75 Å². The smallest absolute Gasteiger partial charge is 0.250 e. The van der Waals surface area contributed by atoms with Gasteiger partial charge in [0.1, 0.15) is 11.5 Å². The van der Waals surface area contributed by atoms with Gasteiger partial charge in [-0.3, -0.25) is 0 Å². The van der Waals surface area contributed by atoms with E-state index in [1.54, 1.807) is 12.1 Å². The van der Waals surface area contributed by atoms with E-state index in [1.807, 2.05) is 16.2 Å². The van der Waals surface area contributed by atoms with Crippen molar-refractivity contribution in [2.75, 3.05) is 0 Å². The third-order valence-electron chi connectivity index (χ3n) is 3.50. The third kappa shape index (κ3) is 3.75. The summed E-state index contributed by atoms with van der Waals surface area (Å²) in [5, 5.41) is 9.55. The van der Waals surface area contributed by atoms with Crippen LogP contribution in [0.3, 0.4) is 0 Å². The lowest BCUT2D eigenvalue weighted by Gasteiger charge is -2.29. The summed E-state index contributed by atoms with van der Waals surface area (Å²) in [7, 11) is -1.65. The third-order valence-corrected chi connectivity index (χ3v) is 8.37. The van der Waals surface area contributed by atoms with Crippen molar-refractivity contribution in [3.63, 3.8) is 0 Å². The second kappa shape index (κ2) is 7.18. The molecule has 1 aromatic carbocycles. The molecule has 0 saturated heterocycles. The average molecular weight is 376 g/mol. The number of phenols is 1. The first-order chi connectivity index (χ1) is 8.60. The van der Waals surface area contributed by atoms with Gasteiger partial charge in [0.25, 0.3) is 8.32 Å². The molecule has 0 amide bonds. The van der Waals surface area contributed by atoms with Crippen LogP contribution in [0.5, 0.6) is 11.5 Å². The molecule has 0 aromatic heterocycles. The molecule has 0 heterocycles. The molecule has 0 radical (unpaired) electrons. The van der Waals surface area contributed by atoms with Gasteiger partial charge < -0.3 is 9.53 Å². The molecule has 1 rings (SSSR count). The minimum atomic E-state index is -1.65. The normalized spacial score (nSPS) is 12.0. The van der Waals surface area contributed by atoms with Gasteiger partial charge in [-0.05, 0) is 46.5 Å². The molecular weight excluding hydrogens is 355 g/mol. The molecule has 4 heteroatoms. The van der Waals surface area contributed by atoms with Crippen molar-refractivity contribution in [2.45, 2.75) is 38.9 Å². The van der Waals surface area contributed by atoms with E-state index >= 15 is 0 Å². The molecule has 0 saturated carbocycles. The van der Waals surface area contributed by atoms with E-state index in [9.17, 15) is 5.11 Å². The molecule has 1 N–H and O–H groups in total. The summed E-state index contributed by atoms with van der Waals surface area (Å²) in [5.74, 6) is 1.18. The van der Waals surface area contributed by atoms with Crippen molar-refractivity contribution in [3.05, 3.63) is 27.8 Å². The zero-order valence-corrected chi connectivity index (χ0v) is 14.4. The van der Waals surface area contributed by atoms with Crippen LogP contribution in [0.15, 0.2) is 22.3 Å². The summed E-state index contributed by atoms with van der Waals surface area (Å²) in [6, 6.07) is 8.69. The van der Waals surface area contributed by atoms with Gasteiger partial charge in [-0.1, -0.05) is 43.4 Å². The summed E-state index contributed by atoms with van der Waals surface area (Å²) in [6.07, 6.45) is 1.97. The van der Waals surface area contributed by atoms with Crippen LogP contribution in [0.4, 0.5) is 0 Å². The molecular formula is C14H21IO2Si. The summed E-state index contributed by atoms with van der Waals surface area (Å²) in [5.41, 5.74) is 0.955. The molecule has 0 spiro atoms. The molecule has 0 unspecified atom stereocenters. The maximum absolute atomic E-state index is 9.55. The van der Waals surface area contributed by atoms with Crippen LogP contribution in [-0.4, -0.2) is 13.4 Å². The second-order valence-corrected chi connectivity index (χ2v) is 9.77. The zero-order chi connectivity index (χ0) is 13.6. The van der Waals surface area contributed by atoms with Crippen LogP contribution in [0.25, 0.3) is 6.08 Å². The highest BCUT2D eigenvalue weighted by Gasteiger charge is 2.31. The fraction of sp³-hybridized carbons (Fsp3) is 0.429. The van der Waals surface area contributed by atoms with Crippen molar-refractivity contribution in [3.8, 4) is 11.5 Å². The predicted octanol–water partition coefficient (Wildman–Crippen LogP) is 5.18. The van der Waals surface area contributed by atoms with Gasteiger partial charge in [-0.15, -0.1) is 0 Å². The van der Waals surface area contributed by atoms with Crippen LogP contribution in [-0.2, 0) is 0 Å². The van der Waals surface area contributed by atoms with Gasteiger partial charge in [0.2, 0.25) is 0 Å². The topological polar surface area (TPSA) is 29.5 Å². The summed E-state index contributed by atoms with van der Waals surface area (Å²) in [4.78, 5) is 0. The standard InChI is InChI=1S/C14H21IO2Si/c1-4-18(5-2,6-3)17-14-8-7-13(16)11-12(14)9-10-15/h7-11,16H,4-6H2,1-3H3/b10-9+. The van der Waals surface area contributed by atoms with E-state index in [2.05, 4.69) is 43.4 Å². The average Bonchev–Trinajstić information content (AvgIpc) is 2.39. The molecule has 0 aliphatic carbocycles. The Morgan fingerprint density at radius 1 is 1.22 bits per heavy atom. The van der Waals surface area contributed by atoms with Gasteiger partial charge in [0.05, 0.1) is 0 Å². The first-order valence-electron chi connectivity index (χ1n) is 6.39. The number of hydrogen-bond acceptors (Lipinski definition) is 2. The van der Waals surface area contributed by atoms with E-state index in [1.165, 1.54) is 0 Å². The molecule has 100 valence electrons. The highest BCUT2D eigenvalue weighted by atomic mass is 127. The van der Waals surface area contributed by atoms with E-state index < -0.39 is 8.32 Å². The van der Waals surface area contributed by atoms with Crippen molar-refractivity contribution >= 4 is 37.0 Å². The highest BCUT2D eigenvalue weighted by molar-refractivity contribution is 14.1. The fourth-order valence-corrected chi connectivity index (χ4v) is 5.00. The van der Waals surface area contributed by atoms with Crippen molar-refractivity contribution in [1.82, 2.24) is 0 Å². The molecule has 0 bridgehead atoms. The lowest BCUT2D eigenvalue weighted by atomic mass is 10.2. The maximum atomic E-state index is 9.55. The quantitative estimate of drug-likeness (QED) is 0.548. The molecule has 18 heavy (non-hydrogen) atoms. The maximum Gasteiger partial charge on any atom is 0.250 e. The Morgan fingerprint density at radius 2 is 1.83 bits per heavy atom. The number of halogens is 1. The lowest BCUT2D eigenvalue weighted by Crippen LogP contribution is -2.39. The molecule has 2 nitrogen and oxygen atoms in total. The monoisotopic (exact) mass is 376 g/mol. The van der Waals surface area contributed by atoms with Crippen LogP contribution < -0.4 is 4.43 Å². The number of aromatic hydroxyl groups is 1. The van der Waals surface area contributed by atoms with Crippen LogP contribution >= 0.6 is 22.6 Å². The molecule has 0 aliphatic heterocycles. The fourth-order valence-electron chi connectivity index (χ4n) is 2.03. The van der Waals surface area contributed by atoms with Gasteiger partial charge >= 0.3 is 0 Å². The SMILES string of the molecule is CC[Si](CC)(CC)Oc1ccc(O)cc1/C=C/I. The Hall–Kier alpha value is -0.493. The number of rotatable bonds is 6. The molecule has 1 aromatic rings. The summed E-state index contributed by atoms with van der Waals surface area (Å²) < 4.78 is 8.30. The van der Waals surface area contributed by atoms with Gasteiger partial charge in [0.15, 0.2) is 0 Å². The highest BCUT2D eigenvalue weighted by Crippen LogP contribution is 2.31. The lowest BCUT2D eigenvalue weighted by molar-refractivity contribution is 0.472. The van der Waals surface area contributed by atoms with Gasteiger partial charge in [-0.2, -0.15) is 0 Å². The molecule has 0 atom stereocenters. The van der Waals surface area contributed by atoms with E-state index in [4.69, 9.17) is 4.43 Å². The zero-order valence-electron chi connectivity index (χ0n) is 11.2. The van der Waals surface area contributed by atoms with Crippen LogP contribution in [0.2, 0.25) is 18.1 Å².